The van der Waals surface area contributed by atoms with E-state index in [-0.39, 0.29) is 27.2 Å². The number of fused-ring (bicyclic) bond motifs is 1. The van der Waals surface area contributed by atoms with Crippen molar-refractivity contribution in [2.75, 3.05) is 12.3 Å². The quantitative estimate of drug-likeness (QED) is 0.0666. The smallest absolute Gasteiger partial charge is 0.362 e. The van der Waals surface area contributed by atoms with Gasteiger partial charge in [-0.05, 0) is 55.9 Å². The second-order valence-electron chi connectivity index (χ2n) is 11.7. The number of aromatic nitrogens is 1. The van der Waals surface area contributed by atoms with E-state index in [0.29, 0.717) is 24.8 Å². The summed E-state index contributed by atoms with van der Waals surface area (Å²) < 4.78 is 38.1. The van der Waals surface area contributed by atoms with Crippen LogP contribution < -0.4 is 21.9 Å². The van der Waals surface area contributed by atoms with Crippen LogP contribution in [0.5, 0.6) is 5.75 Å². The molecule has 1 aliphatic carbocycles. The average Bonchev–Trinajstić information content (AvgIpc) is 3.64. The number of anilines is 1. The summed E-state index contributed by atoms with van der Waals surface area (Å²) >= 11 is 0.988. The minimum atomic E-state index is -4.79. The lowest BCUT2D eigenvalue weighted by Crippen LogP contribution is -2.62. The molecular weight excluding hydrogens is 656 g/mol. The number of β-lactam (4-membered cyclic amide) rings is 1. The van der Waals surface area contributed by atoms with Crippen molar-refractivity contribution in [3.8, 4) is 5.75 Å². The zero-order valence-corrected chi connectivity index (χ0v) is 27.0. The van der Waals surface area contributed by atoms with Crippen molar-refractivity contribution in [1.82, 2.24) is 14.2 Å². The second kappa shape index (κ2) is 13.8. The highest BCUT2D eigenvalue weighted by molar-refractivity contribution is 7.84. The molecule has 1 amide bonds. The fourth-order valence-corrected chi connectivity index (χ4v) is 7.20. The summed E-state index contributed by atoms with van der Waals surface area (Å²) in [5, 5.41) is 15.0. The van der Waals surface area contributed by atoms with Gasteiger partial charge in [0.25, 0.3) is 6.10 Å². The summed E-state index contributed by atoms with van der Waals surface area (Å²) in [5.41, 5.74) is 19.6. The minimum Gasteiger partial charge on any atom is -0.489 e. The molecule has 47 heavy (non-hydrogen) atoms. The number of Topliss-reactive ketones (excluding diaryl/α,β-unsaturated/α-hetero) is 1. The summed E-state index contributed by atoms with van der Waals surface area (Å²) in [6.45, 7) is 1.95. The summed E-state index contributed by atoms with van der Waals surface area (Å²) in [6.07, 6.45) is 1.50. The van der Waals surface area contributed by atoms with E-state index in [2.05, 4.69) is 10.1 Å². The number of hydrogen-bond acceptors (Lipinski definition) is 13. The van der Waals surface area contributed by atoms with Gasteiger partial charge in [-0.25, -0.2) is 19.1 Å². The van der Waals surface area contributed by atoms with Crippen molar-refractivity contribution in [3.05, 3.63) is 40.4 Å². The van der Waals surface area contributed by atoms with Crippen LogP contribution in [0.25, 0.3) is 0 Å². The maximum Gasteiger partial charge on any atom is 0.362 e. The monoisotopic (exact) mass is 692 g/mol. The third kappa shape index (κ3) is 7.80. The molecule has 1 saturated heterocycles. The highest BCUT2D eigenvalue weighted by Crippen LogP contribution is 2.32. The lowest BCUT2D eigenvalue weighted by Gasteiger charge is -2.41. The molecule has 1 saturated carbocycles. The summed E-state index contributed by atoms with van der Waals surface area (Å²) in [5.74, 6) is -3.41. The molecule has 0 unspecified atom stereocenters. The standard InChI is InChI=1S/C28H36N8O9S2/c1-14-20(25(38)36(14)47(41,42)43)9-22(37)24(21-13-46-28(31)33-21)34-45-23(26(39)40)12-44-19-7-2-15-10-35(11-16(15)8-19)27(30)32-18-5-3-17(29)4-6-18/h2,7-8,13-14,17-18,20,23H,3-6,9-12,29H2,1H3,(H2,30,32)(H2,31,33)(H,39,40)(H,41,42,43)/b34-24-/t14-,17?,18?,20-,23-/m0/s1. The van der Waals surface area contributed by atoms with Gasteiger partial charge in [-0.15, -0.1) is 11.3 Å². The number of nitrogens with zero attached hydrogens (tertiary/aromatic N) is 5. The van der Waals surface area contributed by atoms with Gasteiger partial charge in [-0.2, -0.15) is 8.42 Å². The molecule has 1 aromatic carbocycles. The van der Waals surface area contributed by atoms with E-state index in [0.717, 1.165) is 48.1 Å². The van der Waals surface area contributed by atoms with Gasteiger partial charge in [-0.3, -0.25) is 14.1 Å². The molecule has 19 heteroatoms. The van der Waals surface area contributed by atoms with Crippen LogP contribution in [0.1, 0.15) is 55.8 Å². The normalized spacial score (nSPS) is 24.0. The minimum absolute atomic E-state index is 0.0216. The number of aliphatic carboxylic acids is 1. The lowest BCUT2D eigenvalue weighted by atomic mass is 9.86. The molecule has 0 spiro atoms. The maximum absolute atomic E-state index is 13.2. The third-order valence-corrected chi connectivity index (χ3v) is 10.1. The molecular formula is C28H36N8O9S2. The second-order valence-corrected chi connectivity index (χ2v) is 13.9. The van der Waals surface area contributed by atoms with Crippen LogP contribution in [-0.2, 0) is 42.6 Å². The van der Waals surface area contributed by atoms with Crippen molar-refractivity contribution in [2.24, 2.45) is 27.5 Å². The summed E-state index contributed by atoms with van der Waals surface area (Å²) in [4.78, 5) is 53.4. The first-order chi connectivity index (χ1) is 22.2. The number of carboxylic acid groups (broad SMARTS) is 1. The number of aliphatic imine (C=N–C) groups is 1. The first-order valence-corrected chi connectivity index (χ1v) is 17.1. The number of thiazole rings is 1. The topological polar surface area (TPSA) is 266 Å². The van der Waals surface area contributed by atoms with Crippen LogP contribution in [0, 0.1) is 5.92 Å². The van der Waals surface area contributed by atoms with E-state index in [9.17, 15) is 32.5 Å². The fourth-order valence-electron chi connectivity index (χ4n) is 5.72. The molecule has 2 aliphatic heterocycles. The Labute approximate surface area is 274 Å². The highest BCUT2D eigenvalue weighted by atomic mass is 32.2. The van der Waals surface area contributed by atoms with Crippen LogP contribution in [0.2, 0.25) is 0 Å². The molecule has 2 fully saturated rings. The summed E-state index contributed by atoms with van der Waals surface area (Å²) in [6, 6.07) is 4.71. The number of nitrogen functional groups attached to an aromatic ring is 1. The van der Waals surface area contributed by atoms with Crippen LogP contribution in [0.15, 0.2) is 33.7 Å². The number of hydrogen-bond donors (Lipinski definition) is 5. The van der Waals surface area contributed by atoms with Crippen molar-refractivity contribution in [3.63, 3.8) is 0 Å². The number of amides is 1. The highest BCUT2D eigenvalue weighted by Gasteiger charge is 2.51. The largest absolute Gasteiger partial charge is 0.489 e. The Hall–Kier alpha value is -4.33. The van der Waals surface area contributed by atoms with Gasteiger partial charge in [-0.1, -0.05) is 11.2 Å². The van der Waals surface area contributed by atoms with Gasteiger partial charge in [0.05, 0.1) is 18.0 Å². The van der Waals surface area contributed by atoms with Gasteiger partial charge >= 0.3 is 16.3 Å². The van der Waals surface area contributed by atoms with Gasteiger partial charge < -0.3 is 36.8 Å². The number of guanidine groups is 1. The first kappa shape index (κ1) is 34.0. The molecule has 2 aromatic rings. The molecule has 0 bridgehead atoms. The SMILES string of the molecule is C[C@H]1[C@H](CC(=O)/C(=N\O[C@@H](COc2ccc3c(c2)CN(C(N)=NC2CCC(N)CC2)C3)C(=O)O)c2csc(N)n2)C(=O)N1S(=O)(=O)O. The third-order valence-electron chi connectivity index (χ3n) is 8.40. The summed E-state index contributed by atoms with van der Waals surface area (Å²) in [7, 11) is -4.79. The van der Waals surface area contributed by atoms with E-state index in [1.807, 2.05) is 11.0 Å². The number of benzene rings is 1. The van der Waals surface area contributed by atoms with E-state index in [1.165, 1.54) is 12.3 Å². The Bertz CT molecular complexity index is 1700. The molecule has 3 heterocycles. The number of carbonyl (C=O) groups excluding carboxylic acids is 2. The number of nitrogens with two attached hydrogens (primary N) is 3. The number of oxime groups is 1. The van der Waals surface area contributed by atoms with Gasteiger partial charge in [0.2, 0.25) is 5.91 Å². The Morgan fingerprint density at radius 2 is 1.89 bits per heavy atom. The first-order valence-electron chi connectivity index (χ1n) is 14.8. The molecule has 1 aromatic heterocycles. The van der Waals surface area contributed by atoms with Crippen molar-refractivity contribution < 1.29 is 42.0 Å². The van der Waals surface area contributed by atoms with Crippen molar-refractivity contribution >= 4 is 56.1 Å². The van der Waals surface area contributed by atoms with Crippen molar-refractivity contribution in [1.29, 1.82) is 0 Å². The average molecular weight is 693 g/mol. The lowest BCUT2D eigenvalue weighted by molar-refractivity contribution is -0.152. The predicted octanol–water partition coefficient (Wildman–Crippen LogP) is 0.487. The van der Waals surface area contributed by atoms with E-state index >= 15 is 0 Å². The molecule has 5 rings (SSSR count). The molecule has 3 aliphatic rings. The molecule has 3 atom stereocenters. The Balaban J connectivity index is 1.22. The Morgan fingerprint density at radius 1 is 1.19 bits per heavy atom. The van der Waals surface area contributed by atoms with Gasteiger partial charge in [0.1, 0.15) is 18.1 Å². The van der Waals surface area contributed by atoms with E-state index in [4.69, 9.17) is 31.8 Å². The van der Waals surface area contributed by atoms with Crippen LogP contribution in [0.3, 0.4) is 0 Å². The van der Waals surface area contributed by atoms with Crippen molar-refractivity contribution in [2.45, 2.75) is 76.3 Å². The molecule has 17 nitrogen and oxygen atoms in total. The Kier molecular flexibility index (Phi) is 9.99. The van der Waals surface area contributed by atoms with E-state index in [1.54, 1.807) is 12.1 Å². The predicted molar refractivity (Wildman–Crippen MR) is 170 cm³/mol. The molecule has 8 N–H and O–H groups in total. The maximum atomic E-state index is 13.2. The zero-order valence-electron chi connectivity index (χ0n) is 25.4. The van der Waals surface area contributed by atoms with Crippen LogP contribution in [-0.4, -0.2) is 92.4 Å². The molecule has 254 valence electrons. The number of ether oxygens (including phenoxy) is 1. The molecule has 0 radical (unpaired) electrons. The van der Waals surface area contributed by atoms with Crippen LogP contribution in [0.4, 0.5) is 5.13 Å². The van der Waals surface area contributed by atoms with Gasteiger partial charge in [0, 0.05) is 30.9 Å². The van der Waals surface area contributed by atoms with E-state index < -0.39 is 64.8 Å². The Morgan fingerprint density at radius 3 is 2.51 bits per heavy atom. The zero-order chi connectivity index (χ0) is 34.0. The fraction of sp³-hybridized carbons (Fsp3) is 0.500. The number of rotatable bonds is 12. The number of carboxylic acids is 1. The number of carbonyl (C=O) groups is 3. The van der Waals surface area contributed by atoms with Gasteiger partial charge in [0.15, 0.2) is 22.6 Å². The number of ketones is 1. The van der Waals surface area contributed by atoms with Crippen LogP contribution >= 0.6 is 11.3 Å².